The third-order valence-corrected chi connectivity index (χ3v) is 4.94. The third kappa shape index (κ3) is 3.91. The molecule has 112 valence electrons. The van der Waals surface area contributed by atoms with Crippen LogP contribution in [0.3, 0.4) is 0 Å². The van der Waals surface area contributed by atoms with Gasteiger partial charge in [-0.05, 0) is 72.2 Å². The summed E-state index contributed by atoms with van der Waals surface area (Å²) >= 11 is 1.86. The van der Waals surface area contributed by atoms with Gasteiger partial charge in [-0.25, -0.2) is 0 Å². The topological polar surface area (TPSA) is 0 Å². The smallest absolute Gasteiger partial charge is 0.0125 e. The second-order valence-corrected chi connectivity index (χ2v) is 7.60. The molecule has 21 heavy (non-hydrogen) atoms. The van der Waals surface area contributed by atoms with Crippen molar-refractivity contribution in [3.05, 3.63) is 58.7 Å². The fourth-order valence-electron chi connectivity index (χ4n) is 2.86. The summed E-state index contributed by atoms with van der Waals surface area (Å²) in [5.41, 5.74) is 5.69. The molecule has 1 heteroatoms. The number of aryl methyl sites for hydroxylation is 2. The normalized spacial score (nSPS) is 11.4. The number of hydrogen-bond acceptors (Lipinski definition) is 1. The van der Waals surface area contributed by atoms with Crippen LogP contribution in [-0.2, 0) is 0 Å². The molecule has 0 saturated heterocycles. The summed E-state index contributed by atoms with van der Waals surface area (Å²) in [7, 11) is 0. The van der Waals surface area contributed by atoms with Crippen LogP contribution in [-0.4, -0.2) is 0 Å². The quantitative estimate of drug-likeness (QED) is 0.605. The molecule has 0 aliphatic heterocycles. The Morgan fingerprint density at radius 1 is 0.667 bits per heavy atom. The molecule has 2 aromatic carbocycles. The standard InChI is InChI=1S/C20H26S/c1-13(2)19-9-7-17(11-15(19)5)21-18-8-10-20(14(3)4)16(6)12-18/h7-14H,1-6H3. The lowest BCUT2D eigenvalue weighted by molar-refractivity contribution is 0.853. The molecule has 0 saturated carbocycles. The molecule has 0 amide bonds. The molecule has 0 nitrogen and oxygen atoms in total. The van der Waals surface area contributed by atoms with Crippen molar-refractivity contribution in [2.45, 2.75) is 63.2 Å². The number of rotatable bonds is 4. The maximum atomic E-state index is 2.31. The van der Waals surface area contributed by atoms with Crippen LogP contribution in [0.4, 0.5) is 0 Å². The zero-order valence-corrected chi connectivity index (χ0v) is 14.8. The molecule has 2 rings (SSSR count). The largest absolute Gasteiger partial charge is 0.0901 e. The molecule has 0 heterocycles. The van der Waals surface area contributed by atoms with E-state index in [0.717, 1.165) is 0 Å². The third-order valence-electron chi connectivity index (χ3n) is 3.96. The Morgan fingerprint density at radius 3 is 1.33 bits per heavy atom. The van der Waals surface area contributed by atoms with Crippen LogP contribution in [0.15, 0.2) is 46.2 Å². The van der Waals surface area contributed by atoms with E-state index in [9.17, 15) is 0 Å². The van der Waals surface area contributed by atoms with Crippen molar-refractivity contribution in [1.82, 2.24) is 0 Å². The van der Waals surface area contributed by atoms with Gasteiger partial charge in [-0.1, -0.05) is 51.6 Å². The summed E-state index contributed by atoms with van der Waals surface area (Å²) in [5.74, 6) is 1.19. The van der Waals surface area contributed by atoms with E-state index in [2.05, 4.69) is 77.9 Å². The van der Waals surface area contributed by atoms with E-state index in [4.69, 9.17) is 0 Å². The van der Waals surface area contributed by atoms with Crippen LogP contribution in [0.25, 0.3) is 0 Å². The van der Waals surface area contributed by atoms with Crippen molar-refractivity contribution in [3.8, 4) is 0 Å². The summed E-state index contributed by atoms with van der Waals surface area (Å²) in [4.78, 5) is 2.65. The Balaban J connectivity index is 2.22. The lowest BCUT2D eigenvalue weighted by atomic mass is 9.98. The van der Waals surface area contributed by atoms with Gasteiger partial charge in [0.15, 0.2) is 0 Å². The van der Waals surface area contributed by atoms with E-state index in [1.807, 2.05) is 11.8 Å². The predicted octanol–water partition coefficient (Wildman–Crippen LogP) is 6.70. The highest BCUT2D eigenvalue weighted by molar-refractivity contribution is 7.99. The van der Waals surface area contributed by atoms with Crippen molar-refractivity contribution in [2.24, 2.45) is 0 Å². The van der Waals surface area contributed by atoms with Crippen LogP contribution >= 0.6 is 11.8 Å². The SMILES string of the molecule is Cc1cc(Sc2ccc(C(C)C)c(C)c2)ccc1C(C)C. The first-order valence-electron chi connectivity index (χ1n) is 7.77. The van der Waals surface area contributed by atoms with Crippen LogP contribution in [0, 0.1) is 13.8 Å². The van der Waals surface area contributed by atoms with Gasteiger partial charge in [-0.2, -0.15) is 0 Å². The summed E-state index contributed by atoms with van der Waals surface area (Å²) in [6, 6.07) is 13.7. The first kappa shape index (κ1) is 16.2. The van der Waals surface area contributed by atoms with Crippen LogP contribution < -0.4 is 0 Å². The highest BCUT2D eigenvalue weighted by atomic mass is 32.2. The van der Waals surface area contributed by atoms with Crippen molar-refractivity contribution < 1.29 is 0 Å². The molecule has 0 aliphatic rings. The summed E-state index contributed by atoms with van der Waals surface area (Å²) in [5, 5.41) is 0. The van der Waals surface area contributed by atoms with E-state index in [-0.39, 0.29) is 0 Å². The van der Waals surface area contributed by atoms with Gasteiger partial charge in [0.2, 0.25) is 0 Å². The minimum Gasteiger partial charge on any atom is -0.0901 e. The van der Waals surface area contributed by atoms with Gasteiger partial charge in [-0.15, -0.1) is 0 Å². The lowest BCUT2D eigenvalue weighted by Crippen LogP contribution is -1.93. The Morgan fingerprint density at radius 2 is 1.05 bits per heavy atom. The zero-order chi connectivity index (χ0) is 15.6. The second-order valence-electron chi connectivity index (χ2n) is 6.45. The molecular weight excluding hydrogens is 272 g/mol. The zero-order valence-electron chi connectivity index (χ0n) is 14.0. The van der Waals surface area contributed by atoms with Crippen LogP contribution in [0.2, 0.25) is 0 Å². The van der Waals surface area contributed by atoms with E-state index in [0.29, 0.717) is 11.8 Å². The summed E-state index contributed by atoms with van der Waals surface area (Å²) < 4.78 is 0. The molecule has 2 aromatic rings. The van der Waals surface area contributed by atoms with E-state index < -0.39 is 0 Å². The van der Waals surface area contributed by atoms with Gasteiger partial charge < -0.3 is 0 Å². The van der Waals surface area contributed by atoms with Gasteiger partial charge in [0.1, 0.15) is 0 Å². The number of hydrogen-bond donors (Lipinski definition) is 0. The molecule has 0 N–H and O–H groups in total. The van der Waals surface area contributed by atoms with Gasteiger partial charge >= 0.3 is 0 Å². The maximum absolute atomic E-state index is 2.31. The Hall–Kier alpha value is -1.21. The molecule has 0 atom stereocenters. The molecule has 0 unspecified atom stereocenters. The average molecular weight is 298 g/mol. The average Bonchev–Trinajstić information content (AvgIpc) is 2.37. The highest BCUT2D eigenvalue weighted by Gasteiger charge is 2.07. The minimum absolute atomic E-state index is 0.594. The first-order chi connectivity index (χ1) is 9.88. The van der Waals surface area contributed by atoms with Crippen molar-refractivity contribution in [3.63, 3.8) is 0 Å². The summed E-state index contributed by atoms with van der Waals surface area (Å²) in [6.07, 6.45) is 0. The van der Waals surface area contributed by atoms with Crippen LogP contribution in [0.1, 0.15) is 61.8 Å². The Kier molecular flexibility index (Phi) is 5.16. The molecule has 0 bridgehead atoms. The molecular formula is C20H26S. The van der Waals surface area contributed by atoms with E-state index in [1.54, 1.807) is 0 Å². The maximum Gasteiger partial charge on any atom is 0.0125 e. The Labute approximate surface area is 134 Å². The fourth-order valence-corrected chi connectivity index (χ4v) is 3.87. The Bertz CT molecular complexity index is 568. The summed E-state index contributed by atoms with van der Waals surface area (Å²) in [6.45, 7) is 13.4. The van der Waals surface area contributed by atoms with Gasteiger partial charge in [0.05, 0.1) is 0 Å². The monoisotopic (exact) mass is 298 g/mol. The van der Waals surface area contributed by atoms with E-state index in [1.165, 1.54) is 32.0 Å². The van der Waals surface area contributed by atoms with Gasteiger partial charge in [-0.3, -0.25) is 0 Å². The first-order valence-corrected chi connectivity index (χ1v) is 8.59. The van der Waals surface area contributed by atoms with Crippen LogP contribution in [0.5, 0.6) is 0 Å². The molecule has 0 aliphatic carbocycles. The highest BCUT2D eigenvalue weighted by Crippen LogP contribution is 2.32. The number of benzene rings is 2. The molecule has 0 fully saturated rings. The van der Waals surface area contributed by atoms with Gasteiger partial charge in [0, 0.05) is 9.79 Å². The molecule has 0 radical (unpaired) electrons. The van der Waals surface area contributed by atoms with Crippen molar-refractivity contribution in [2.75, 3.05) is 0 Å². The molecule has 0 aromatic heterocycles. The van der Waals surface area contributed by atoms with Gasteiger partial charge in [0.25, 0.3) is 0 Å². The molecule has 0 spiro atoms. The second kappa shape index (κ2) is 6.70. The fraction of sp³-hybridized carbons (Fsp3) is 0.400. The van der Waals surface area contributed by atoms with Crippen molar-refractivity contribution >= 4 is 11.8 Å². The lowest BCUT2D eigenvalue weighted by Gasteiger charge is -2.13. The van der Waals surface area contributed by atoms with E-state index >= 15 is 0 Å². The van der Waals surface area contributed by atoms with Crippen molar-refractivity contribution in [1.29, 1.82) is 0 Å². The predicted molar refractivity (Wildman–Crippen MR) is 94.7 cm³/mol. The minimum atomic E-state index is 0.594.